The Labute approximate surface area is 87.1 Å². The zero-order valence-electron chi connectivity index (χ0n) is 8.11. The van der Waals surface area contributed by atoms with Gasteiger partial charge in [0.15, 0.2) is 0 Å². The maximum Gasteiger partial charge on any atom is 0.338 e. The fourth-order valence-corrected chi connectivity index (χ4v) is 1.52. The highest BCUT2D eigenvalue weighted by molar-refractivity contribution is 7.98. The van der Waals surface area contributed by atoms with Gasteiger partial charge in [0.1, 0.15) is 5.75 Å². The van der Waals surface area contributed by atoms with Crippen LogP contribution in [-0.4, -0.2) is 23.9 Å². The van der Waals surface area contributed by atoms with E-state index in [1.54, 1.807) is 19.1 Å². The smallest absolute Gasteiger partial charge is 0.338 e. The number of hydrogen-bond acceptors (Lipinski definition) is 4. The number of phenolic OH excluding ortho intramolecular Hbond substituents is 1. The summed E-state index contributed by atoms with van der Waals surface area (Å²) in [5.41, 5.74) is 0.385. The van der Waals surface area contributed by atoms with Gasteiger partial charge in [-0.1, -0.05) is 0 Å². The van der Waals surface area contributed by atoms with Crippen molar-refractivity contribution in [3.8, 4) is 5.75 Å². The minimum absolute atomic E-state index is 0.0832. The molecule has 3 nitrogen and oxygen atoms in total. The maximum absolute atomic E-state index is 11.3. The summed E-state index contributed by atoms with van der Waals surface area (Å²) in [5.74, 6) is -0.321. The van der Waals surface area contributed by atoms with Gasteiger partial charge in [0.25, 0.3) is 0 Å². The minimum atomic E-state index is -0.404. The van der Waals surface area contributed by atoms with Crippen LogP contribution in [0.25, 0.3) is 0 Å². The lowest BCUT2D eigenvalue weighted by atomic mass is 10.2. The molecule has 0 spiro atoms. The molecule has 0 saturated heterocycles. The number of esters is 1. The van der Waals surface area contributed by atoms with Crippen molar-refractivity contribution in [2.24, 2.45) is 0 Å². The molecule has 0 saturated carbocycles. The van der Waals surface area contributed by atoms with Crippen LogP contribution in [0.1, 0.15) is 17.3 Å². The predicted octanol–water partition coefficient (Wildman–Crippen LogP) is 2.29. The van der Waals surface area contributed by atoms with E-state index < -0.39 is 5.97 Å². The lowest BCUT2D eigenvalue weighted by Crippen LogP contribution is -2.04. The molecule has 0 heterocycles. The fourth-order valence-electron chi connectivity index (χ4n) is 1.03. The minimum Gasteiger partial charge on any atom is -0.508 e. The normalized spacial score (nSPS) is 9.86. The number of aromatic hydroxyl groups is 1. The molecule has 4 heteroatoms. The third-order valence-corrected chi connectivity index (χ3v) is 2.35. The van der Waals surface area contributed by atoms with Crippen molar-refractivity contribution in [3.63, 3.8) is 0 Å². The Morgan fingerprint density at radius 2 is 2.21 bits per heavy atom. The highest BCUT2D eigenvalue weighted by Gasteiger charge is 2.08. The first-order valence-corrected chi connectivity index (χ1v) is 5.45. The van der Waals surface area contributed by atoms with Crippen LogP contribution >= 0.6 is 11.8 Å². The first-order chi connectivity index (χ1) is 6.67. The van der Waals surface area contributed by atoms with Crippen LogP contribution in [0.5, 0.6) is 5.75 Å². The van der Waals surface area contributed by atoms with Crippen LogP contribution in [0.3, 0.4) is 0 Å². The Hall–Kier alpha value is -1.16. The van der Waals surface area contributed by atoms with Crippen LogP contribution in [-0.2, 0) is 4.74 Å². The van der Waals surface area contributed by atoms with E-state index in [0.717, 1.165) is 4.90 Å². The van der Waals surface area contributed by atoms with Crippen molar-refractivity contribution in [1.29, 1.82) is 0 Å². The molecule has 0 radical (unpaired) electrons. The Morgan fingerprint density at radius 3 is 2.79 bits per heavy atom. The highest BCUT2D eigenvalue weighted by Crippen LogP contribution is 2.23. The van der Waals surface area contributed by atoms with Gasteiger partial charge >= 0.3 is 5.97 Å². The summed E-state index contributed by atoms with van der Waals surface area (Å²) in [6, 6.07) is 4.70. The van der Waals surface area contributed by atoms with E-state index in [1.807, 2.05) is 6.26 Å². The van der Waals surface area contributed by atoms with Crippen molar-refractivity contribution < 1.29 is 14.6 Å². The zero-order chi connectivity index (χ0) is 10.6. The summed E-state index contributed by atoms with van der Waals surface area (Å²) >= 11 is 1.46. The largest absolute Gasteiger partial charge is 0.508 e. The van der Waals surface area contributed by atoms with Gasteiger partial charge in [-0.2, -0.15) is 0 Å². The van der Waals surface area contributed by atoms with Crippen LogP contribution in [0.15, 0.2) is 23.1 Å². The highest BCUT2D eigenvalue weighted by atomic mass is 32.2. The Morgan fingerprint density at radius 1 is 1.50 bits per heavy atom. The maximum atomic E-state index is 11.3. The second kappa shape index (κ2) is 4.91. The van der Waals surface area contributed by atoms with Crippen molar-refractivity contribution in [1.82, 2.24) is 0 Å². The van der Waals surface area contributed by atoms with E-state index in [0.29, 0.717) is 12.2 Å². The van der Waals surface area contributed by atoms with Crippen molar-refractivity contribution in [3.05, 3.63) is 23.8 Å². The van der Waals surface area contributed by atoms with Gasteiger partial charge in [-0.3, -0.25) is 0 Å². The van der Waals surface area contributed by atoms with Crippen LogP contribution < -0.4 is 0 Å². The molecule has 14 heavy (non-hydrogen) atoms. The molecule has 0 aliphatic heterocycles. The average molecular weight is 212 g/mol. The number of rotatable bonds is 3. The molecule has 0 bridgehead atoms. The van der Waals surface area contributed by atoms with Gasteiger partial charge in [0.05, 0.1) is 12.2 Å². The van der Waals surface area contributed by atoms with Crippen molar-refractivity contribution in [2.75, 3.05) is 12.9 Å². The monoisotopic (exact) mass is 212 g/mol. The molecule has 1 aromatic carbocycles. The average Bonchev–Trinajstić information content (AvgIpc) is 2.17. The summed E-state index contributed by atoms with van der Waals surface area (Å²) in [5, 5.41) is 9.32. The van der Waals surface area contributed by atoms with Gasteiger partial charge in [-0.05, 0) is 31.4 Å². The van der Waals surface area contributed by atoms with Crippen LogP contribution in [0.4, 0.5) is 0 Å². The second-order valence-electron chi connectivity index (χ2n) is 2.64. The molecule has 0 aromatic heterocycles. The topological polar surface area (TPSA) is 46.5 Å². The summed E-state index contributed by atoms with van der Waals surface area (Å²) in [4.78, 5) is 12.2. The molecule has 0 aliphatic rings. The number of ether oxygens (including phenoxy) is 1. The molecule has 0 unspecified atom stereocenters. The molecule has 0 fully saturated rings. The molecule has 1 rings (SSSR count). The molecule has 0 atom stereocenters. The molecule has 0 aliphatic carbocycles. The van der Waals surface area contributed by atoms with E-state index in [-0.39, 0.29) is 5.75 Å². The lowest BCUT2D eigenvalue weighted by molar-refractivity contribution is 0.0525. The van der Waals surface area contributed by atoms with Crippen molar-refractivity contribution in [2.45, 2.75) is 11.8 Å². The van der Waals surface area contributed by atoms with Gasteiger partial charge < -0.3 is 9.84 Å². The number of thioether (sulfide) groups is 1. The number of carbonyl (C=O) groups is 1. The predicted molar refractivity (Wildman–Crippen MR) is 55.8 cm³/mol. The van der Waals surface area contributed by atoms with Crippen LogP contribution in [0, 0.1) is 0 Å². The third kappa shape index (κ3) is 2.67. The van der Waals surface area contributed by atoms with E-state index in [9.17, 15) is 9.90 Å². The van der Waals surface area contributed by atoms with E-state index in [4.69, 9.17) is 4.74 Å². The Balaban J connectivity index is 2.96. The summed E-state index contributed by atoms with van der Waals surface area (Å²) in [6.07, 6.45) is 1.88. The quantitative estimate of drug-likeness (QED) is 0.617. The van der Waals surface area contributed by atoms with Gasteiger partial charge in [0.2, 0.25) is 0 Å². The number of phenols is 1. The van der Waals surface area contributed by atoms with E-state index in [2.05, 4.69) is 0 Å². The summed E-state index contributed by atoms with van der Waals surface area (Å²) in [7, 11) is 0. The SMILES string of the molecule is CCOC(=O)c1cc(O)cc(SC)c1. The van der Waals surface area contributed by atoms with Gasteiger partial charge in [0, 0.05) is 4.90 Å². The molecule has 1 N–H and O–H groups in total. The number of hydrogen-bond donors (Lipinski definition) is 1. The number of benzene rings is 1. The molecular weight excluding hydrogens is 200 g/mol. The summed E-state index contributed by atoms with van der Waals surface area (Å²) in [6.45, 7) is 2.08. The summed E-state index contributed by atoms with van der Waals surface area (Å²) < 4.78 is 4.82. The Kier molecular flexibility index (Phi) is 3.83. The molecular formula is C10H12O3S. The Bertz CT molecular complexity index is 336. The first-order valence-electron chi connectivity index (χ1n) is 4.22. The lowest BCUT2D eigenvalue weighted by Gasteiger charge is -2.04. The number of carbonyl (C=O) groups excluding carboxylic acids is 1. The van der Waals surface area contributed by atoms with Crippen molar-refractivity contribution >= 4 is 17.7 Å². The molecule has 0 amide bonds. The van der Waals surface area contributed by atoms with Gasteiger partial charge in [-0.25, -0.2) is 4.79 Å². The molecule has 1 aromatic rings. The zero-order valence-corrected chi connectivity index (χ0v) is 8.93. The fraction of sp³-hybridized carbons (Fsp3) is 0.300. The van der Waals surface area contributed by atoms with Crippen LogP contribution in [0.2, 0.25) is 0 Å². The van der Waals surface area contributed by atoms with E-state index in [1.165, 1.54) is 17.8 Å². The first kappa shape index (κ1) is 10.9. The second-order valence-corrected chi connectivity index (χ2v) is 3.52. The third-order valence-electron chi connectivity index (χ3n) is 1.64. The standard InChI is InChI=1S/C10H12O3S/c1-3-13-10(12)7-4-8(11)6-9(5-7)14-2/h4-6,11H,3H2,1-2H3. The van der Waals surface area contributed by atoms with Gasteiger partial charge in [-0.15, -0.1) is 11.8 Å². The molecule has 76 valence electrons. The van der Waals surface area contributed by atoms with E-state index >= 15 is 0 Å².